The molecule has 7 aliphatic heterocycles. The van der Waals surface area contributed by atoms with Crippen LogP contribution in [0.2, 0.25) is 0 Å². The fraction of sp³-hybridized carbons (Fsp3) is 0.569. The second-order valence-corrected chi connectivity index (χ2v) is 53.0. The first-order chi connectivity index (χ1) is 68.8. The van der Waals surface area contributed by atoms with Crippen LogP contribution in [0.3, 0.4) is 0 Å². The third-order valence-corrected chi connectivity index (χ3v) is 35.3. The van der Waals surface area contributed by atoms with Gasteiger partial charge < -0.3 is 167 Å². The van der Waals surface area contributed by atoms with Crippen LogP contribution in [0.25, 0.3) is 33.5 Å². The number of nitrogens with one attached hydrogen (secondary N) is 3. The summed E-state index contributed by atoms with van der Waals surface area (Å²) in [6, 6.07) is 0. The molecular weight excluding hydrogens is 2220 g/mol. The van der Waals surface area contributed by atoms with Crippen LogP contribution >= 0.6 is 47.1 Å². The normalized spacial score (nSPS) is 29.5. The summed E-state index contributed by atoms with van der Waals surface area (Å²) in [6.45, 7) is -30.9. The molecule has 0 bridgehead atoms. The number of anilines is 5. The number of rotatable bonds is 41. The van der Waals surface area contributed by atoms with E-state index in [1.165, 1.54) is 85.2 Å². The molecule has 7 saturated heterocycles. The molecule has 796 valence electrons. The van der Waals surface area contributed by atoms with E-state index in [1.54, 1.807) is 6.92 Å². The van der Waals surface area contributed by atoms with Crippen LogP contribution in [-0.4, -0.2) is 229 Å². The summed E-state index contributed by atoms with van der Waals surface area (Å²) >= 11 is 38.1. The maximum Gasteiger partial charge on any atom is 0.351 e. The fourth-order valence-electron chi connectivity index (χ4n) is 17.0. The van der Waals surface area contributed by atoms with E-state index in [1.807, 2.05) is 0 Å². The number of H-pyrrole nitrogens is 3. The lowest BCUT2D eigenvalue weighted by atomic mass is 10.1. The molecule has 74 heteroatoms. The van der Waals surface area contributed by atoms with Gasteiger partial charge in [0.15, 0.2) is 40.9 Å². The Balaban J connectivity index is 0.582. The van der Waals surface area contributed by atoms with Gasteiger partial charge in [-0.3, -0.25) is 65.9 Å². The van der Waals surface area contributed by atoms with Crippen LogP contribution in [0, 0.1) is 27.7 Å². The first-order valence-corrected chi connectivity index (χ1v) is 61.6. The SMILES string of the molecule is CC[C@H]1O[C@@H](n2cnc3c(=O)[nH]c(N)nc32)C[C@H]1OP([O-])(=S)OC[C@H]1O[C@@H](n2cc(C)c(=O)[nH]c2=O)C[C@H]1OP(=O)([S-])OC[C@H]1O[C@@H](n2cnc3c(N)ncnc32)C[C@H]1OP([O-])(=S)OC[C@H]1O[C@@H](n2cnc3c(N)ncnc32)C[C@H]1OP([O-])(=S)OC[C@H]1O[C@@H](n2cc(C)c(N)nc2=O)C[C@H]1OP([O-])(=S)OC[C@H]1O[C@@H](n2cc(C)c(N)nc2=O)C[C@H]1OP([O-])(=S)OC[C@H]1O[C@@H](n2cc(C)c(=O)[nH]c2=O)C[C@H]1OP([O-])(=S)OC. The molecule has 7 unspecified atom stereocenters. The first-order valence-electron chi connectivity index (χ1n) is 43.7. The number of aromatic nitrogens is 20. The highest BCUT2D eigenvalue weighted by molar-refractivity contribution is 8.32. The first kappa shape index (κ1) is 110. The van der Waals surface area contributed by atoms with E-state index in [9.17, 15) is 57.7 Å². The highest BCUT2D eigenvalue weighted by Crippen LogP contribution is 2.57. The zero-order chi connectivity index (χ0) is 105. The molecule has 10 aromatic heterocycles. The molecule has 0 spiro atoms. The van der Waals surface area contributed by atoms with Gasteiger partial charge in [-0.05, 0) is 34.1 Å². The third kappa shape index (κ3) is 25.4. The molecule has 13 N–H and O–H groups in total. The van der Waals surface area contributed by atoms with Crippen molar-refractivity contribution in [1.82, 2.24) is 96.8 Å². The van der Waals surface area contributed by atoms with E-state index < -0.39 is 268 Å². The molecular formula is C72H89N25O35P7S7-7. The van der Waals surface area contributed by atoms with Gasteiger partial charge in [0.25, 0.3) is 16.7 Å². The van der Waals surface area contributed by atoms with Crippen molar-refractivity contribution in [2.24, 2.45) is 0 Å². The lowest BCUT2D eigenvalue weighted by Crippen LogP contribution is -2.34. The molecule has 60 nitrogen and oxygen atoms in total. The van der Waals surface area contributed by atoms with E-state index in [4.69, 9.17) is 208 Å². The van der Waals surface area contributed by atoms with Crippen LogP contribution in [0.15, 0.2) is 90.0 Å². The van der Waals surface area contributed by atoms with E-state index in [0.717, 1.165) is 38.0 Å². The van der Waals surface area contributed by atoms with Crippen LogP contribution in [0.5, 0.6) is 0 Å². The van der Waals surface area contributed by atoms with Crippen molar-refractivity contribution >= 4 is 193 Å². The van der Waals surface area contributed by atoms with Crippen molar-refractivity contribution in [3.63, 3.8) is 0 Å². The predicted molar refractivity (Wildman–Crippen MR) is 517 cm³/mol. The Morgan fingerprint density at radius 2 is 0.651 bits per heavy atom. The van der Waals surface area contributed by atoms with Crippen molar-refractivity contribution in [2.75, 3.05) is 75.4 Å². The van der Waals surface area contributed by atoms with Gasteiger partial charge >= 0.3 is 22.8 Å². The number of fused-ring (bicyclic) bond motifs is 3. The van der Waals surface area contributed by atoms with E-state index >= 15 is 9.79 Å². The van der Waals surface area contributed by atoms with Crippen LogP contribution in [-0.2, 0) is 184 Å². The summed E-state index contributed by atoms with van der Waals surface area (Å²) in [6.07, 6.45) is -18.8. The molecule has 0 aliphatic carbocycles. The Morgan fingerprint density at radius 1 is 0.363 bits per heavy atom. The van der Waals surface area contributed by atoms with Crippen LogP contribution in [0.1, 0.15) is 124 Å². The lowest BCUT2D eigenvalue weighted by Gasteiger charge is -2.36. The van der Waals surface area contributed by atoms with Crippen molar-refractivity contribution < 1.29 is 130 Å². The number of ether oxygens (including phenoxy) is 7. The van der Waals surface area contributed by atoms with Crippen LogP contribution < -0.4 is 97.5 Å². The summed E-state index contributed by atoms with van der Waals surface area (Å²) in [4.78, 5) is 226. The van der Waals surface area contributed by atoms with Gasteiger partial charge in [-0.25, -0.2) is 54.1 Å². The van der Waals surface area contributed by atoms with Crippen molar-refractivity contribution in [2.45, 2.75) is 215 Å². The molecule has 146 heavy (non-hydrogen) atoms. The van der Waals surface area contributed by atoms with Gasteiger partial charge in [-0.2, -0.15) is 15.0 Å². The summed E-state index contributed by atoms with van der Waals surface area (Å²) in [5.74, 6) is -0.544. The number of nitrogens with two attached hydrogens (primary N) is 5. The molecule has 17 rings (SSSR count). The molecule has 17 heterocycles. The summed E-state index contributed by atoms with van der Waals surface area (Å²) < 4.78 is 149. The lowest BCUT2D eigenvalue weighted by molar-refractivity contribution is -0.221. The Bertz CT molecular complexity index is 7460. The summed E-state index contributed by atoms with van der Waals surface area (Å²) in [5, 5.41) is 0. The zero-order valence-electron chi connectivity index (χ0n) is 76.5. The molecule has 0 radical (unpaired) electrons. The number of aryl methyl sites for hydroxylation is 4. The van der Waals surface area contributed by atoms with E-state index in [-0.39, 0.29) is 112 Å². The van der Waals surface area contributed by atoms with Gasteiger partial charge in [0.05, 0.1) is 107 Å². The molecule has 7 aliphatic rings. The number of aromatic amines is 3. The molecule has 28 atom stereocenters. The van der Waals surface area contributed by atoms with Crippen molar-refractivity contribution in [3.8, 4) is 0 Å². The van der Waals surface area contributed by atoms with Crippen molar-refractivity contribution in [1.29, 1.82) is 0 Å². The number of nitrogens with zero attached hydrogens (tertiary/aromatic N) is 17. The standard InChI is InChI=1S/C72H96N25O35P7S7/c1-7-34-35(8-54(119-34)97-29-84-57-64(97)87-68(77)88-67(57)100)127-134(106,141)113-20-45-39(12-51(123-45)94-18-33(5)66(99)90-72(94)104)130-137(109,144)117-23-46-41(14-53(124-46)96-28-83-56-61(76)79-26-81-63(56)96)132-139(111,146)118-24-47-40(13-52(125-47)95-27-82-55-60(75)78-25-80-62(55)95)131-138(110,145)116-22-44-38(11-49(122-44)92-16-31(3)59(74)86-70(92)102)129-136(108,143)115-21-43-37(10-48(121-43)91-15-30(2)58(73)85-69(91)101)128-135(107,142)114-19-42-36(126-133(105,140)112-6)9-50(120-42)93-17-32(4)65(98)89-71(93)103/h15-18,25-29,34-54H,7-14,19-24H2,1-6H3,(H,105,140)(H,106,141)(H,107,142)(H,108,143)(H,109,144)(H,110,145)(H,111,146)(H2,73,85,101)(H2,74,86,102)(H2,75,78,80)(H2,76,79,81)(H,89,98,103)(H,90,99,104)(H3,77,87,88,100)/p-7/t34-,35-,36-,37-,38-,39-,40-,41-,42-,43-,44-,45-,46-,47-,48-,49-,50-,51-,52-,53-,54-,133?,134?,135?,136?,137?,138?,139?/m1/s1. The summed E-state index contributed by atoms with van der Waals surface area (Å²) in [7, 11) is 1.02. The zero-order valence-corrected chi connectivity index (χ0v) is 88.5. The molecule has 7 fully saturated rings. The second-order valence-electron chi connectivity index (χ2n) is 34.0. The van der Waals surface area contributed by atoms with Gasteiger partial charge in [-0.15, -0.1) is 0 Å². The predicted octanol–water partition coefficient (Wildman–Crippen LogP) is -2.41. The average Bonchev–Trinajstić information content (AvgIpc) is 1.62. The average molecular weight is 2310 g/mol. The third-order valence-electron chi connectivity index (χ3n) is 24.2. The minimum Gasteiger partial charge on any atom is -0.780 e. The largest absolute Gasteiger partial charge is 0.780 e. The molecule has 10 aromatic rings. The Morgan fingerprint density at radius 3 is 0.993 bits per heavy atom. The molecule has 0 aromatic carbocycles. The molecule has 0 saturated carbocycles. The highest BCUT2D eigenvalue weighted by atomic mass is 32.7. The second kappa shape index (κ2) is 44.2. The van der Waals surface area contributed by atoms with Gasteiger partial charge in [0.1, 0.15) is 156 Å². The van der Waals surface area contributed by atoms with E-state index in [2.05, 4.69) is 64.8 Å². The van der Waals surface area contributed by atoms with Gasteiger partial charge in [0.2, 0.25) is 5.95 Å². The minimum absolute atomic E-state index is 0.00839. The smallest absolute Gasteiger partial charge is 0.351 e. The number of hydrogen-bond donors (Lipinski definition) is 8. The minimum atomic E-state index is -5.01. The van der Waals surface area contributed by atoms with Gasteiger partial charge in [0, 0.05) is 99.1 Å². The van der Waals surface area contributed by atoms with E-state index in [0.29, 0.717) is 12.0 Å². The van der Waals surface area contributed by atoms with Crippen molar-refractivity contribution in [3.05, 3.63) is 152 Å². The monoisotopic (exact) mass is 2300 g/mol. The Kier molecular flexibility index (Phi) is 33.4. The number of hydrogen-bond acceptors (Lipinski definition) is 57. The maximum absolute atomic E-state index is 15.1. The summed E-state index contributed by atoms with van der Waals surface area (Å²) in [5.41, 5.74) is 25.8. The molecule has 0 amide bonds. The highest BCUT2D eigenvalue weighted by Gasteiger charge is 2.50. The fourth-order valence-corrected chi connectivity index (χ4v) is 26.7. The maximum atomic E-state index is 15.1. The van der Waals surface area contributed by atoms with Gasteiger partial charge in [-0.1, -0.05) is 77.8 Å². The number of nitrogen functional groups attached to an aromatic ring is 5. The van der Waals surface area contributed by atoms with Crippen LogP contribution in [0.4, 0.5) is 29.2 Å². The number of imidazole rings is 3. The topological polar surface area (TPSA) is 810 Å². The Hall–Kier alpha value is -7.03. The quantitative estimate of drug-likeness (QED) is 0.0146. The Labute approximate surface area is 856 Å².